The molecule has 0 atom stereocenters. The Kier molecular flexibility index (Phi) is 7.44. The monoisotopic (exact) mass is 429 g/mol. The van der Waals surface area contributed by atoms with Crippen LogP contribution in [-0.2, 0) is 4.79 Å². The Morgan fingerprint density at radius 1 is 1.19 bits per heavy atom. The zero-order chi connectivity index (χ0) is 22.9. The highest BCUT2D eigenvalue weighted by Crippen LogP contribution is 2.29. The van der Waals surface area contributed by atoms with Crippen LogP contribution in [0.5, 0.6) is 23.1 Å². The minimum absolute atomic E-state index is 0.236. The molecule has 162 valence electrons. The lowest BCUT2D eigenvalue weighted by Crippen LogP contribution is -2.09. The van der Waals surface area contributed by atoms with Crippen molar-refractivity contribution in [3.63, 3.8) is 0 Å². The number of carbonyl (C=O) groups is 1. The van der Waals surface area contributed by atoms with Gasteiger partial charge in [-0.1, -0.05) is 6.07 Å². The number of ether oxygens (including phenoxy) is 3. The van der Waals surface area contributed by atoms with Crippen molar-refractivity contribution in [2.45, 2.75) is 13.8 Å². The summed E-state index contributed by atoms with van der Waals surface area (Å²) in [4.78, 5) is 16.5. The van der Waals surface area contributed by atoms with Crippen LogP contribution in [0.25, 0.3) is 6.08 Å². The second-order valence-corrected chi connectivity index (χ2v) is 6.71. The normalized spacial score (nSPS) is 10.4. The summed E-state index contributed by atoms with van der Waals surface area (Å²) in [5, 5.41) is 12.0. The molecule has 3 aromatic rings. The predicted molar refractivity (Wildman–Crippen MR) is 122 cm³/mol. The van der Waals surface area contributed by atoms with Crippen LogP contribution >= 0.6 is 0 Å². The van der Waals surface area contributed by atoms with Crippen LogP contribution in [0, 0.1) is 18.3 Å². The second kappa shape index (κ2) is 10.6. The van der Waals surface area contributed by atoms with E-state index in [-0.39, 0.29) is 11.8 Å². The third-order valence-electron chi connectivity index (χ3n) is 4.48. The summed E-state index contributed by atoms with van der Waals surface area (Å²) in [6.45, 7) is 4.27. The minimum atomic E-state index is -0.271. The molecule has 7 heteroatoms. The number of carbonyl (C=O) groups excluding carboxylic acids is 1. The van der Waals surface area contributed by atoms with Crippen molar-refractivity contribution in [3.8, 4) is 29.2 Å². The van der Waals surface area contributed by atoms with E-state index in [0.717, 1.165) is 11.1 Å². The van der Waals surface area contributed by atoms with Crippen LogP contribution in [0.4, 0.5) is 5.69 Å². The van der Waals surface area contributed by atoms with E-state index in [1.54, 1.807) is 55.8 Å². The quantitative estimate of drug-likeness (QED) is 0.500. The lowest BCUT2D eigenvalue weighted by Gasteiger charge is -2.11. The topological polar surface area (TPSA) is 93.5 Å². The average Bonchev–Trinajstić information content (AvgIpc) is 2.80. The average molecular weight is 429 g/mol. The Morgan fingerprint density at radius 3 is 2.75 bits per heavy atom. The van der Waals surface area contributed by atoms with Crippen molar-refractivity contribution in [1.29, 1.82) is 5.26 Å². The SMILES string of the molecule is CCOc1cc(C=CC(=O)Nc2ccc(Oc3ncccc3C#N)cc2C)ccc1OC. The first-order valence-corrected chi connectivity index (χ1v) is 9.97. The number of amides is 1. The Bertz CT molecular complexity index is 1180. The van der Waals surface area contributed by atoms with E-state index in [1.807, 2.05) is 32.0 Å². The van der Waals surface area contributed by atoms with Crippen LogP contribution in [0.15, 0.2) is 60.8 Å². The molecule has 0 aliphatic heterocycles. The van der Waals surface area contributed by atoms with Crippen molar-refractivity contribution < 1.29 is 19.0 Å². The molecule has 1 N–H and O–H groups in total. The minimum Gasteiger partial charge on any atom is -0.493 e. The van der Waals surface area contributed by atoms with Crippen molar-refractivity contribution >= 4 is 17.7 Å². The molecular weight excluding hydrogens is 406 g/mol. The number of anilines is 1. The lowest BCUT2D eigenvalue weighted by molar-refractivity contribution is -0.111. The molecule has 1 heterocycles. The van der Waals surface area contributed by atoms with Gasteiger partial charge in [-0.2, -0.15) is 5.26 Å². The van der Waals surface area contributed by atoms with Gasteiger partial charge in [-0.05, 0) is 73.5 Å². The molecule has 0 aliphatic carbocycles. The number of nitriles is 1. The molecule has 0 radical (unpaired) electrons. The van der Waals surface area contributed by atoms with Gasteiger partial charge in [-0.3, -0.25) is 4.79 Å². The zero-order valence-corrected chi connectivity index (χ0v) is 18.1. The van der Waals surface area contributed by atoms with E-state index in [0.29, 0.717) is 35.1 Å². The highest BCUT2D eigenvalue weighted by Gasteiger charge is 2.09. The van der Waals surface area contributed by atoms with Crippen LogP contribution in [0.1, 0.15) is 23.6 Å². The molecule has 0 saturated heterocycles. The van der Waals surface area contributed by atoms with Crippen LogP contribution < -0.4 is 19.5 Å². The number of hydrogen-bond donors (Lipinski definition) is 1. The summed E-state index contributed by atoms with van der Waals surface area (Å²) in [5.41, 5.74) is 2.62. The fourth-order valence-corrected chi connectivity index (χ4v) is 2.92. The molecule has 0 saturated carbocycles. The van der Waals surface area contributed by atoms with Crippen LogP contribution in [0.2, 0.25) is 0 Å². The smallest absolute Gasteiger partial charge is 0.248 e. The maximum absolute atomic E-state index is 12.4. The number of methoxy groups -OCH3 is 1. The van der Waals surface area contributed by atoms with E-state index in [9.17, 15) is 4.79 Å². The summed E-state index contributed by atoms with van der Waals surface area (Å²) in [7, 11) is 1.58. The maximum Gasteiger partial charge on any atom is 0.248 e. The molecule has 0 unspecified atom stereocenters. The van der Waals surface area contributed by atoms with Gasteiger partial charge in [0.25, 0.3) is 0 Å². The van der Waals surface area contributed by atoms with Gasteiger partial charge >= 0.3 is 0 Å². The van der Waals surface area contributed by atoms with Gasteiger partial charge in [-0.15, -0.1) is 0 Å². The lowest BCUT2D eigenvalue weighted by atomic mass is 10.1. The maximum atomic E-state index is 12.4. The number of nitrogens with one attached hydrogen (secondary N) is 1. The van der Waals surface area contributed by atoms with E-state index in [4.69, 9.17) is 19.5 Å². The Balaban J connectivity index is 1.68. The van der Waals surface area contributed by atoms with Gasteiger partial charge in [-0.25, -0.2) is 4.98 Å². The van der Waals surface area contributed by atoms with E-state index >= 15 is 0 Å². The molecule has 7 nitrogen and oxygen atoms in total. The molecule has 3 rings (SSSR count). The number of nitrogens with zero attached hydrogens (tertiary/aromatic N) is 2. The van der Waals surface area contributed by atoms with Gasteiger partial charge in [0, 0.05) is 18.0 Å². The molecule has 0 fully saturated rings. The summed E-state index contributed by atoms with van der Waals surface area (Å²) >= 11 is 0. The fraction of sp³-hybridized carbons (Fsp3) is 0.160. The zero-order valence-electron chi connectivity index (χ0n) is 18.1. The van der Waals surface area contributed by atoms with Crippen LogP contribution in [-0.4, -0.2) is 24.6 Å². The standard InChI is InChI=1S/C25H23N3O4/c1-4-31-23-15-18(7-11-22(23)30-3)8-12-24(29)28-21-10-9-20(14-17(21)2)32-25-19(16-26)6-5-13-27-25/h5-15H,4H2,1-3H3,(H,28,29). The Labute approximate surface area is 186 Å². The van der Waals surface area contributed by atoms with Gasteiger partial charge in [0.15, 0.2) is 11.5 Å². The largest absolute Gasteiger partial charge is 0.493 e. The van der Waals surface area contributed by atoms with Crippen molar-refractivity contribution in [2.24, 2.45) is 0 Å². The Morgan fingerprint density at radius 2 is 2.03 bits per heavy atom. The summed E-state index contributed by atoms with van der Waals surface area (Å²) in [5.74, 6) is 1.75. The molecule has 32 heavy (non-hydrogen) atoms. The Hall–Kier alpha value is -4.31. The van der Waals surface area contributed by atoms with Crippen LogP contribution in [0.3, 0.4) is 0 Å². The highest BCUT2D eigenvalue weighted by molar-refractivity contribution is 6.02. The first kappa shape index (κ1) is 22.4. The summed E-state index contributed by atoms with van der Waals surface area (Å²) in [6.07, 6.45) is 4.72. The molecule has 0 bridgehead atoms. The van der Waals surface area contributed by atoms with Crippen molar-refractivity contribution in [3.05, 3.63) is 77.5 Å². The molecule has 2 aromatic carbocycles. The molecule has 0 aliphatic rings. The molecule has 0 spiro atoms. The van der Waals surface area contributed by atoms with Gasteiger partial charge in [0.1, 0.15) is 17.4 Å². The van der Waals surface area contributed by atoms with E-state index in [1.165, 1.54) is 6.08 Å². The van der Waals surface area contributed by atoms with Crippen molar-refractivity contribution in [1.82, 2.24) is 4.98 Å². The predicted octanol–water partition coefficient (Wildman–Crippen LogP) is 5.11. The van der Waals surface area contributed by atoms with E-state index < -0.39 is 0 Å². The summed E-state index contributed by atoms with van der Waals surface area (Å²) in [6, 6.07) is 16.0. The van der Waals surface area contributed by atoms with Gasteiger partial charge in [0.05, 0.1) is 13.7 Å². The van der Waals surface area contributed by atoms with Gasteiger partial charge < -0.3 is 19.5 Å². The number of aromatic nitrogens is 1. The number of benzene rings is 2. The first-order chi connectivity index (χ1) is 15.5. The third kappa shape index (κ3) is 5.64. The number of aryl methyl sites for hydroxylation is 1. The molecule has 1 aromatic heterocycles. The van der Waals surface area contributed by atoms with Crippen molar-refractivity contribution in [2.75, 3.05) is 19.0 Å². The molecular formula is C25H23N3O4. The van der Waals surface area contributed by atoms with E-state index in [2.05, 4.69) is 10.3 Å². The third-order valence-corrected chi connectivity index (χ3v) is 4.48. The first-order valence-electron chi connectivity index (χ1n) is 9.97. The summed E-state index contributed by atoms with van der Waals surface area (Å²) < 4.78 is 16.5. The number of pyridine rings is 1. The molecule has 1 amide bonds. The highest BCUT2D eigenvalue weighted by atomic mass is 16.5. The number of rotatable bonds is 8. The van der Waals surface area contributed by atoms with Gasteiger partial charge in [0.2, 0.25) is 11.8 Å². The second-order valence-electron chi connectivity index (χ2n) is 6.71. The number of hydrogen-bond acceptors (Lipinski definition) is 6. The fourth-order valence-electron chi connectivity index (χ4n) is 2.92.